The summed E-state index contributed by atoms with van der Waals surface area (Å²) in [5.74, 6) is 2.14. The zero-order valence-electron chi connectivity index (χ0n) is 8.99. The number of benzene rings is 1. The van der Waals surface area contributed by atoms with E-state index in [0.717, 1.165) is 11.5 Å². The summed E-state index contributed by atoms with van der Waals surface area (Å²) < 4.78 is 10.6. The van der Waals surface area contributed by atoms with Gasteiger partial charge in [-0.2, -0.15) is 0 Å². The molecular weight excluding hydrogens is 190 g/mol. The van der Waals surface area contributed by atoms with Gasteiger partial charge in [0.25, 0.3) is 0 Å². The van der Waals surface area contributed by atoms with Crippen molar-refractivity contribution in [2.45, 2.75) is 25.8 Å². The Morgan fingerprint density at radius 2 is 1.93 bits per heavy atom. The predicted octanol–water partition coefficient (Wildman–Crippen LogP) is 1.87. The second-order valence-electron chi connectivity index (χ2n) is 4.94. The van der Waals surface area contributed by atoms with Crippen molar-refractivity contribution >= 4 is 0 Å². The van der Waals surface area contributed by atoms with E-state index in [1.165, 1.54) is 5.56 Å². The van der Waals surface area contributed by atoms with Crippen LogP contribution in [-0.2, 0) is 0 Å². The van der Waals surface area contributed by atoms with Crippen LogP contribution >= 0.6 is 0 Å². The third kappa shape index (κ3) is 1.16. The van der Waals surface area contributed by atoms with Crippen molar-refractivity contribution < 1.29 is 9.47 Å². The Hall–Kier alpha value is -1.22. The number of rotatable bonds is 1. The molecule has 2 atom stereocenters. The van der Waals surface area contributed by atoms with Crippen LogP contribution in [0.4, 0.5) is 0 Å². The van der Waals surface area contributed by atoms with E-state index in [0.29, 0.717) is 12.7 Å². The number of hydrogen-bond donors (Lipinski definition) is 1. The van der Waals surface area contributed by atoms with Crippen molar-refractivity contribution in [3.05, 3.63) is 23.8 Å². The van der Waals surface area contributed by atoms with E-state index in [-0.39, 0.29) is 11.5 Å². The Labute approximate surface area is 89.2 Å². The lowest BCUT2D eigenvalue weighted by atomic mass is 10.0. The largest absolute Gasteiger partial charge is 0.454 e. The Balaban J connectivity index is 1.95. The highest BCUT2D eigenvalue weighted by Crippen LogP contribution is 2.58. The molecule has 80 valence electrons. The third-order valence-electron chi connectivity index (χ3n) is 3.67. The van der Waals surface area contributed by atoms with Crippen LogP contribution in [0, 0.1) is 5.41 Å². The zero-order valence-corrected chi connectivity index (χ0v) is 8.99. The number of fused-ring (bicyclic) bond motifs is 1. The van der Waals surface area contributed by atoms with Crippen molar-refractivity contribution in [3.63, 3.8) is 0 Å². The molecule has 0 bridgehead atoms. The Bertz CT molecular complexity index is 414. The van der Waals surface area contributed by atoms with E-state index < -0.39 is 0 Å². The first-order valence-electron chi connectivity index (χ1n) is 5.26. The molecule has 2 aliphatic rings. The molecule has 1 saturated carbocycles. The fraction of sp³-hybridized carbons (Fsp3) is 0.500. The lowest BCUT2D eigenvalue weighted by Crippen LogP contribution is -2.06. The van der Waals surface area contributed by atoms with Gasteiger partial charge in [0, 0.05) is 12.0 Å². The standard InChI is InChI=1S/C12H15NO2/c1-12(2)10(11(12)13)7-3-4-8-9(5-7)15-6-14-8/h3-5,10-11H,6,13H2,1-2H3/t10-,11-/m0/s1. The maximum absolute atomic E-state index is 6.05. The summed E-state index contributed by atoms with van der Waals surface area (Å²) in [6.07, 6.45) is 0. The maximum Gasteiger partial charge on any atom is 0.231 e. The second-order valence-corrected chi connectivity index (χ2v) is 4.94. The quantitative estimate of drug-likeness (QED) is 0.761. The molecule has 0 spiro atoms. The van der Waals surface area contributed by atoms with Crippen molar-refractivity contribution in [1.82, 2.24) is 0 Å². The van der Waals surface area contributed by atoms with Crippen molar-refractivity contribution in [2.75, 3.05) is 6.79 Å². The van der Waals surface area contributed by atoms with Crippen molar-refractivity contribution in [1.29, 1.82) is 0 Å². The summed E-state index contributed by atoms with van der Waals surface area (Å²) in [5, 5.41) is 0. The van der Waals surface area contributed by atoms with Gasteiger partial charge in [-0.3, -0.25) is 0 Å². The number of hydrogen-bond acceptors (Lipinski definition) is 3. The molecule has 3 rings (SSSR count). The van der Waals surface area contributed by atoms with Gasteiger partial charge in [-0.05, 0) is 23.1 Å². The summed E-state index contributed by atoms with van der Waals surface area (Å²) in [4.78, 5) is 0. The zero-order chi connectivity index (χ0) is 10.6. The topological polar surface area (TPSA) is 44.5 Å². The molecule has 0 amide bonds. The molecule has 2 N–H and O–H groups in total. The van der Waals surface area contributed by atoms with E-state index in [1.807, 2.05) is 6.07 Å². The third-order valence-corrected chi connectivity index (χ3v) is 3.67. The predicted molar refractivity (Wildman–Crippen MR) is 57.1 cm³/mol. The van der Waals surface area contributed by atoms with E-state index in [4.69, 9.17) is 15.2 Å². The summed E-state index contributed by atoms with van der Waals surface area (Å²) in [6, 6.07) is 6.38. The first-order chi connectivity index (χ1) is 7.10. The smallest absolute Gasteiger partial charge is 0.231 e. The molecule has 0 radical (unpaired) electrons. The van der Waals surface area contributed by atoms with E-state index in [1.54, 1.807) is 0 Å². The molecule has 0 aromatic heterocycles. The monoisotopic (exact) mass is 205 g/mol. The molecule has 1 aromatic rings. The van der Waals surface area contributed by atoms with Gasteiger partial charge in [0.1, 0.15) is 0 Å². The van der Waals surface area contributed by atoms with Crippen LogP contribution in [0.25, 0.3) is 0 Å². The maximum atomic E-state index is 6.05. The first kappa shape index (κ1) is 9.04. The van der Waals surface area contributed by atoms with Gasteiger partial charge in [0.2, 0.25) is 6.79 Å². The van der Waals surface area contributed by atoms with Crippen LogP contribution in [-0.4, -0.2) is 12.8 Å². The van der Waals surface area contributed by atoms with Gasteiger partial charge in [-0.25, -0.2) is 0 Å². The summed E-state index contributed by atoms with van der Waals surface area (Å²) in [7, 11) is 0. The average molecular weight is 205 g/mol. The van der Waals surface area contributed by atoms with Crippen LogP contribution in [0.5, 0.6) is 11.5 Å². The van der Waals surface area contributed by atoms with Gasteiger partial charge >= 0.3 is 0 Å². The Kier molecular flexibility index (Phi) is 1.61. The number of ether oxygens (including phenoxy) is 2. The lowest BCUT2D eigenvalue weighted by Gasteiger charge is -2.03. The minimum Gasteiger partial charge on any atom is -0.454 e. The average Bonchev–Trinajstić information content (AvgIpc) is 2.62. The van der Waals surface area contributed by atoms with Crippen LogP contribution in [0.15, 0.2) is 18.2 Å². The summed E-state index contributed by atoms with van der Waals surface area (Å²) in [6.45, 7) is 4.73. The SMILES string of the molecule is CC1(C)[C@@H](N)[C@@H]1c1ccc2c(c1)OCO2. The second kappa shape index (κ2) is 2.67. The summed E-state index contributed by atoms with van der Waals surface area (Å²) >= 11 is 0. The number of nitrogens with two attached hydrogens (primary N) is 1. The fourth-order valence-corrected chi connectivity index (χ4v) is 2.42. The van der Waals surface area contributed by atoms with E-state index in [9.17, 15) is 0 Å². The molecular formula is C12H15NO2. The molecule has 0 saturated heterocycles. The molecule has 0 unspecified atom stereocenters. The fourth-order valence-electron chi connectivity index (χ4n) is 2.42. The molecule has 3 heteroatoms. The van der Waals surface area contributed by atoms with Crippen LogP contribution in [0.1, 0.15) is 25.3 Å². The van der Waals surface area contributed by atoms with Crippen LogP contribution in [0.3, 0.4) is 0 Å². The first-order valence-corrected chi connectivity index (χ1v) is 5.26. The van der Waals surface area contributed by atoms with Gasteiger partial charge in [-0.15, -0.1) is 0 Å². The highest BCUT2D eigenvalue weighted by Gasteiger charge is 2.56. The highest BCUT2D eigenvalue weighted by molar-refractivity contribution is 5.48. The van der Waals surface area contributed by atoms with Crippen LogP contribution in [0.2, 0.25) is 0 Å². The Morgan fingerprint density at radius 1 is 1.27 bits per heavy atom. The van der Waals surface area contributed by atoms with Gasteiger partial charge < -0.3 is 15.2 Å². The van der Waals surface area contributed by atoms with E-state index in [2.05, 4.69) is 26.0 Å². The minimum absolute atomic E-state index is 0.216. The lowest BCUT2D eigenvalue weighted by molar-refractivity contribution is 0.174. The minimum atomic E-state index is 0.216. The Morgan fingerprint density at radius 3 is 2.60 bits per heavy atom. The van der Waals surface area contributed by atoms with Crippen molar-refractivity contribution in [3.8, 4) is 11.5 Å². The molecule has 1 aromatic carbocycles. The van der Waals surface area contributed by atoms with Crippen molar-refractivity contribution in [2.24, 2.45) is 11.1 Å². The van der Waals surface area contributed by atoms with E-state index >= 15 is 0 Å². The summed E-state index contributed by atoms with van der Waals surface area (Å²) in [5.41, 5.74) is 7.53. The highest BCUT2D eigenvalue weighted by atomic mass is 16.7. The van der Waals surface area contributed by atoms with Crippen LogP contribution < -0.4 is 15.2 Å². The molecule has 1 fully saturated rings. The molecule has 15 heavy (non-hydrogen) atoms. The van der Waals surface area contributed by atoms with Gasteiger partial charge in [0.15, 0.2) is 11.5 Å². The normalized spacial score (nSPS) is 30.3. The van der Waals surface area contributed by atoms with Gasteiger partial charge in [0.05, 0.1) is 0 Å². The molecule has 1 aliphatic heterocycles. The molecule has 1 heterocycles. The molecule has 3 nitrogen and oxygen atoms in total. The molecule has 1 aliphatic carbocycles. The van der Waals surface area contributed by atoms with Gasteiger partial charge in [-0.1, -0.05) is 19.9 Å².